The molecule has 5 nitrogen and oxygen atoms in total. The van der Waals surface area contributed by atoms with Crippen LogP contribution in [0.5, 0.6) is 0 Å². The summed E-state index contributed by atoms with van der Waals surface area (Å²) in [7, 11) is 1.66. The van der Waals surface area contributed by atoms with Crippen molar-refractivity contribution in [2.24, 2.45) is 0 Å². The van der Waals surface area contributed by atoms with Gasteiger partial charge in [-0.25, -0.2) is 0 Å². The molecular weight excluding hydrogens is 316 g/mol. The van der Waals surface area contributed by atoms with Crippen LogP contribution in [0.2, 0.25) is 0 Å². The lowest BCUT2D eigenvalue weighted by atomic mass is 10.0. The number of hydrogen-bond donors (Lipinski definition) is 2. The Labute approximate surface area is 143 Å². The molecule has 2 aromatic rings. The van der Waals surface area contributed by atoms with Crippen molar-refractivity contribution in [1.82, 2.24) is 10.6 Å². The highest BCUT2D eigenvalue weighted by molar-refractivity contribution is 6.00. The van der Waals surface area contributed by atoms with Gasteiger partial charge in [-0.2, -0.15) is 0 Å². The fourth-order valence-electron chi connectivity index (χ4n) is 2.54. The van der Waals surface area contributed by atoms with E-state index in [-0.39, 0.29) is 18.3 Å². The number of halogens is 1. The molecule has 0 spiro atoms. The van der Waals surface area contributed by atoms with Crippen LogP contribution in [0, 0.1) is 20.8 Å². The third-order valence-corrected chi connectivity index (χ3v) is 3.76. The minimum absolute atomic E-state index is 0. The van der Waals surface area contributed by atoms with E-state index >= 15 is 0 Å². The molecule has 0 unspecified atom stereocenters. The smallest absolute Gasteiger partial charge is 0.287 e. The summed E-state index contributed by atoms with van der Waals surface area (Å²) >= 11 is 0. The van der Waals surface area contributed by atoms with Crippen LogP contribution in [-0.2, 0) is 4.74 Å². The van der Waals surface area contributed by atoms with Gasteiger partial charge in [-0.15, -0.1) is 12.4 Å². The number of nitrogens with one attached hydrogen (secondary N) is 2. The molecule has 1 aromatic carbocycles. The van der Waals surface area contributed by atoms with Gasteiger partial charge in [0.15, 0.2) is 5.76 Å². The van der Waals surface area contributed by atoms with Gasteiger partial charge >= 0.3 is 0 Å². The van der Waals surface area contributed by atoms with E-state index in [0.717, 1.165) is 34.2 Å². The second-order valence-electron chi connectivity index (χ2n) is 5.46. The molecule has 0 aliphatic carbocycles. The minimum atomic E-state index is -0.166. The number of carbonyl (C=O) groups is 1. The summed E-state index contributed by atoms with van der Waals surface area (Å²) in [5.41, 5.74) is 3.88. The number of fused-ring (bicyclic) bond motifs is 1. The maximum atomic E-state index is 12.3. The van der Waals surface area contributed by atoms with Crippen molar-refractivity contribution in [1.29, 1.82) is 0 Å². The van der Waals surface area contributed by atoms with E-state index in [1.54, 1.807) is 7.11 Å². The summed E-state index contributed by atoms with van der Waals surface area (Å²) < 4.78 is 10.8. The average molecular weight is 341 g/mol. The SMILES string of the molecule is COCCNCCNC(=O)c1oc2c(C)ccc(C)c2c1C.Cl. The summed E-state index contributed by atoms with van der Waals surface area (Å²) in [5.74, 6) is 0.241. The molecule has 0 aliphatic rings. The molecule has 0 radical (unpaired) electrons. The summed E-state index contributed by atoms with van der Waals surface area (Å²) in [5, 5.41) is 7.11. The quantitative estimate of drug-likeness (QED) is 0.761. The first-order chi connectivity index (χ1) is 10.6. The van der Waals surface area contributed by atoms with Gasteiger partial charge in [-0.3, -0.25) is 4.79 Å². The maximum absolute atomic E-state index is 12.3. The van der Waals surface area contributed by atoms with Gasteiger partial charge in [-0.05, 0) is 31.9 Å². The van der Waals surface area contributed by atoms with Crippen LogP contribution in [0.15, 0.2) is 16.5 Å². The topological polar surface area (TPSA) is 63.5 Å². The molecule has 0 saturated carbocycles. The van der Waals surface area contributed by atoms with Crippen molar-refractivity contribution in [3.63, 3.8) is 0 Å². The highest BCUT2D eigenvalue weighted by Gasteiger charge is 2.19. The largest absolute Gasteiger partial charge is 0.450 e. The van der Waals surface area contributed by atoms with Gasteiger partial charge in [0.05, 0.1) is 6.61 Å². The van der Waals surface area contributed by atoms with Crippen LogP contribution in [-0.4, -0.2) is 39.3 Å². The maximum Gasteiger partial charge on any atom is 0.287 e. The number of hydrogen-bond acceptors (Lipinski definition) is 4. The third kappa shape index (κ3) is 4.47. The van der Waals surface area contributed by atoms with Crippen LogP contribution >= 0.6 is 12.4 Å². The Morgan fingerprint density at radius 1 is 1.13 bits per heavy atom. The van der Waals surface area contributed by atoms with Crippen LogP contribution in [0.4, 0.5) is 0 Å². The third-order valence-electron chi connectivity index (χ3n) is 3.76. The lowest BCUT2D eigenvalue weighted by Crippen LogP contribution is -2.33. The zero-order valence-electron chi connectivity index (χ0n) is 14.1. The normalized spacial score (nSPS) is 10.6. The molecule has 0 fully saturated rings. The van der Waals surface area contributed by atoms with Crippen molar-refractivity contribution in [2.45, 2.75) is 20.8 Å². The molecule has 2 N–H and O–H groups in total. The van der Waals surface area contributed by atoms with E-state index in [1.807, 2.05) is 26.8 Å². The Morgan fingerprint density at radius 2 is 1.83 bits per heavy atom. The van der Waals surface area contributed by atoms with Gasteiger partial charge in [-0.1, -0.05) is 12.1 Å². The Hall–Kier alpha value is -1.56. The first-order valence-corrected chi connectivity index (χ1v) is 7.53. The van der Waals surface area contributed by atoms with Crippen LogP contribution < -0.4 is 10.6 Å². The van der Waals surface area contributed by atoms with E-state index in [2.05, 4.69) is 16.7 Å². The summed E-state index contributed by atoms with van der Waals surface area (Å²) in [6, 6.07) is 4.07. The molecule has 0 aliphatic heterocycles. The van der Waals surface area contributed by atoms with E-state index < -0.39 is 0 Å². The molecule has 1 aromatic heterocycles. The molecule has 1 amide bonds. The van der Waals surface area contributed by atoms with E-state index in [4.69, 9.17) is 9.15 Å². The zero-order chi connectivity index (χ0) is 16.1. The van der Waals surface area contributed by atoms with E-state index in [1.165, 1.54) is 0 Å². The Balaban J connectivity index is 0.00000264. The number of rotatable bonds is 7. The fraction of sp³-hybridized carbons (Fsp3) is 0.471. The number of furan rings is 1. The first-order valence-electron chi connectivity index (χ1n) is 7.53. The van der Waals surface area contributed by atoms with Crippen LogP contribution in [0.1, 0.15) is 27.2 Å². The van der Waals surface area contributed by atoms with Gasteiger partial charge in [0, 0.05) is 37.7 Å². The van der Waals surface area contributed by atoms with Crippen molar-refractivity contribution < 1.29 is 13.9 Å². The van der Waals surface area contributed by atoms with Crippen molar-refractivity contribution in [3.8, 4) is 0 Å². The van der Waals surface area contributed by atoms with Crippen molar-refractivity contribution in [3.05, 3.63) is 34.6 Å². The zero-order valence-corrected chi connectivity index (χ0v) is 14.9. The molecule has 0 saturated heterocycles. The Morgan fingerprint density at radius 3 is 2.48 bits per heavy atom. The second-order valence-corrected chi connectivity index (χ2v) is 5.46. The first kappa shape index (κ1) is 19.5. The van der Waals surface area contributed by atoms with Gasteiger partial charge in [0.1, 0.15) is 5.58 Å². The molecular formula is C17H25ClN2O3. The van der Waals surface area contributed by atoms with Crippen molar-refractivity contribution >= 4 is 29.3 Å². The summed E-state index contributed by atoms with van der Waals surface area (Å²) in [4.78, 5) is 12.3. The molecule has 128 valence electrons. The minimum Gasteiger partial charge on any atom is -0.450 e. The van der Waals surface area contributed by atoms with Crippen molar-refractivity contribution in [2.75, 3.05) is 33.4 Å². The fourth-order valence-corrected chi connectivity index (χ4v) is 2.54. The predicted molar refractivity (Wildman–Crippen MR) is 94.8 cm³/mol. The van der Waals surface area contributed by atoms with Crippen LogP contribution in [0.25, 0.3) is 11.0 Å². The number of aryl methyl sites for hydroxylation is 3. The molecule has 0 atom stereocenters. The Bertz CT molecular complexity index is 667. The predicted octanol–water partition coefficient (Wildman–Crippen LogP) is 2.75. The molecule has 1 heterocycles. The average Bonchev–Trinajstić information content (AvgIpc) is 2.85. The summed E-state index contributed by atoms with van der Waals surface area (Å²) in [6.45, 7) is 8.65. The highest BCUT2D eigenvalue weighted by Crippen LogP contribution is 2.30. The van der Waals surface area contributed by atoms with Gasteiger partial charge < -0.3 is 19.8 Å². The summed E-state index contributed by atoms with van der Waals surface area (Å²) in [6.07, 6.45) is 0. The number of carbonyl (C=O) groups excluding carboxylic acids is 1. The highest BCUT2D eigenvalue weighted by atomic mass is 35.5. The number of methoxy groups -OCH3 is 1. The monoisotopic (exact) mass is 340 g/mol. The molecule has 2 rings (SSSR count). The number of ether oxygens (including phenoxy) is 1. The van der Waals surface area contributed by atoms with Gasteiger partial charge in [0.25, 0.3) is 5.91 Å². The van der Waals surface area contributed by atoms with E-state index in [0.29, 0.717) is 25.5 Å². The molecule has 23 heavy (non-hydrogen) atoms. The molecule has 0 bridgehead atoms. The molecule has 6 heteroatoms. The lowest BCUT2D eigenvalue weighted by molar-refractivity contribution is 0.0927. The van der Waals surface area contributed by atoms with E-state index in [9.17, 15) is 4.79 Å². The lowest BCUT2D eigenvalue weighted by Gasteiger charge is -2.05. The van der Waals surface area contributed by atoms with Crippen LogP contribution in [0.3, 0.4) is 0 Å². The number of benzene rings is 1. The Kier molecular flexibility index (Phi) is 7.55. The second kappa shape index (κ2) is 8.91. The standard InChI is InChI=1S/C17H24N2O3.ClH/c1-11-5-6-12(2)15-14(11)13(3)16(22-15)17(20)19-8-7-18-9-10-21-4;/h5-6,18H,7-10H2,1-4H3,(H,19,20);1H. The van der Waals surface area contributed by atoms with Gasteiger partial charge in [0.2, 0.25) is 0 Å². The number of amides is 1.